The summed E-state index contributed by atoms with van der Waals surface area (Å²) < 4.78 is 0. The fraction of sp³-hybridized carbons (Fsp3) is 0.429. The van der Waals surface area contributed by atoms with E-state index in [-0.39, 0.29) is 12.8 Å². The molecule has 2 amide bonds. The zero-order chi connectivity index (χ0) is 15.9. The van der Waals surface area contributed by atoms with Crippen molar-refractivity contribution in [3.8, 4) is 0 Å². The van der Waals surface area contributed by atoms with Crippen LogP contribution in [0.5, 0.6) is 0 Å². The second kappa shape index (κ2) is 5.57. The molecule has 116 valence electrons. The number of carbonyl (C=O) groups is 3. The lowest BCUT2D eigenvalue weighted by atomic mass is 9.85. The van der Waals surface area contributed by atoms with E-state index < -0.39 is 35.7 Å². The summed E-state index contributed by atoms with van der Waals surface area (Å²) in [4.78, 5) is 43.8. The van der Waals surface area contributed by atoms with Gasteiger partial charge < -0.3 is 14.9 Å². The van der Waals surface area contributed by atoms with Crippen LogP contribution in [0, 0.1) is 11.8 Å². The number of nitrogens with zero attached hydrogens (tertiary/aromatic N) is 2. The van der Waals surface area contributed by atoms with Crippen molar-refractivity contribution in [1.29, 1.82) is 0 Å². The van der Waals surface area contributed by atoms with Gasteiger partial charge in [-0.25, -0.2) is 4.98 Å². The van der Waals surface area contributed by atoms with Crippen molar-refractivity contribution in [1.82, 2.24) is 14.9 Å². The molecule has 1 saturated heterocycles. The van der Waals surface area contributed by atoms with Crippen LogP contribution in [0.4, 0.5) is 0 Å². The molecule has 3 atom stereocenters. The molecule has 1 aliphatic heterocycles. The van der Waals surface area contributed by atoms with E-state index in [0.29, 0.717) is 17.1 Å². The van der Waals surface area contributed by atoms with Gasteiger partial charge in [-0.1, -0.05) is 17.7 Å². The molecule has 7 nitrogen and oxygen atoms in total. The lowest BCUT2D eigenvalue weighted by molar-refractivity contribution is -0.310. The molecule has 0 saturated carbocycles. The van der Waals surface area contributed by atoms with Gasteiger partial charge >= 0.3 is 0 Å². The van der Waals surface area contributed by atoms with Crippen LogP contribution in [-0.4, -0.2) is 38.7 Å². The largest absolute Gasteiger partial charge is 0.548 e. The van der Waals surface area contributed by atoms with E-state index in [9.17, 15) is 19.5 Å². The Bertz CT molecular complexity index is 655. The van der Waals surface area contributed by atoms with E-state index in [1.165, 1.54) is 12.5 Å². The van der Waals surface area contributed by atoms with Gasteiger partial charge in [-0.2, -0.15) is 0 Å². The number of rotatable bonds is 4. The number of hydrogen-bond acceptors (Lipinski definition) is 5. The quantitative estimate of drug-likeness (QED) is 0.758. The molecule has 22 heavy (non-hydrogen) atoms. The van der Waals surface area contributed by atoms with Crippen molar-refractivity contribution >= 4 is 29.4 Å². The van der Waals surface area contributed by atoms with Crippen molar-refractivity contribution in [2.75, 3.05) is 0 Å². The molecule has 0 radical (unpaired) electrons. The van der Waals surface area contributed by atoms with E-state index in [0.717, 1.165) is 4.90 Å². The molecule has 1 N–H and O–H groups in total. The normalized spacial score (nSPS) is 25.9. The molecule has 0 aromatic carbocycles. The zero-order valence-electron chi connectivity index (χ0n) is 11.5. The van der Waals surface area contributed by atoms with Gasteiger partial charge in [-0.3, -0.25) is 14.5 Å². The summed E-state index contributed by atoms with van der Waals surface area (Å²) in [5, 5.41) is 12.0. The number of carboxylic acids is 1. The number of allylic oxidation sites excluding steroid dienone is 2. The lowest BCUT2D eigenvalue weighted by Crippen LogP contribution is -2.52. The number of carboxylic acid groups (broad SMARTS) is 1. The number of aromatic amines is 1. The van der Waals surface area contributed by atoms with Crippen LogP contribution in [0.3, 0.4) is 0 Å². The number of imide groups is 1. The number of H-pyrrole nitrogens is 1. The maximum absolute atomic E-state index is 12.5. The second-order valence-electron chi connectivity index (χ2n) is 5.47. The molecule has 8 heteroatoms. The average Bonchev–Trinajstić information content (AvgIpc) is 3.05. The molecule has 0 unspecified atom stereocenters. The highest BCUT2D eigenvalue weighted by Gasteiger charge is 2.50. The van der Waals surface area contributed by atoms with Crippen LogP contribution in [0.15, 0.2) is 23.6 Å². The number of fused-ring (bicyclic) bond motifs is 1. The Balaban J connectivity index is 1.87. The Kier molecular flexibility index (Phi) is 3.74. The predicted molar refractivity (Wildman–Crippen MR) is 73.1 cm³/mol. The van der Waals surface area contributed by atoms with E-state index in [4.69, 9.17) is 11.6 Å². The molecule has 1 aliphatic carbocycles. The SMILES string of the molecule is O=C([O-])[C@@H](Cc1cnc[nH]1)N1C(=O)[C@H]2CC(Cl)=CC[C@H]2C1=O. The van der Waals surface area contributed by atoms with Gasteiger partial charge in [0.15, 0.2) is 0 Å². The zero-order valence-corrected chi connectivity index (χ0v) is 12.2. The van der Waals surface area contributed by atoms with Gasteiger partial charge in [0.05, 0.1) is 30.2 Å². The van der Waals surface area contributed by atoms with Crippen molar-refractivity contribution in [2.24, 2.45) is 11.8 Å². The third-order valence-corrected chi connectivity index (χ3v) is 4.46. The molecule has 2 heterocycles. The smallest absolute Gasteiger partial charge is 0.234 e. The summed E-state index contributed by atoms with van der Waals surface area (Å²) in [6.07, 6.45) is 5.14. The molecular formula is C14H13ClN3O4-. The Hall–Kier alpha value is -2.15. The van der Waals surface area contributed by atoms with Crippen molar-refractivity contribution in [3.05, 3.63) is 29.3 Å². The van der Waals surface area contributed by atoms with Crippen molar-refractivity contribution in [3.63, 3.8) is 0 Å². The van der Waals surface area contributed by atoms with Crippen LogP contribution in [0.2, 0.25) is 0 Å². The maximum atomic E-state index is 12.5. The van der Waals surface area contributed by atoms with Crippen LogP contribution in [-0.2, 0) is 20.8 Å². The topological polar surface area (TPSA) is 106 Å². The number of carbonyl (C=O) groups excluding carboxylic acids is 3. The van der Waals surface area contributed by atoms with Crippen LogP contribution in [0.1, 0.15) is 18.5 Å². The molecule has 3 rings (SSSR count). The summed E-state index contributed by atoms with van der Waals surface area (Å²) in [5.74, 6) is -3.53. The minimum Gasteiger partial charge on any atom is -0.548 e. The number of likely N-dealkylation sites (tertiary alicyclic amines) is 1. The summed E-state index contributed by atoms with van der Waals surface area (Å²) in [7, 11) is 0. The van der Waals surface area contributed by atoms with Gasteiger partial charge in [-0.15, -0.1) is 0 Å². The number of amides is 2. The summed E-state index contributed by atoms with van der Waals surface area (Å²) in [5.41, 5.74) is 0.515. The van der Waals surface area contributed by atoms with Gasteiger partial charge in [0.25, 0.3) is 0 Å². The third-order valence-electron chi connectivity index (χ3n) is 4.16. The standard InChI is InChI=1S/C14H14ClN3O4/c15-7-1-2-9-10(3-7)13(20)18(12(9)19)11(14(21)22)4-8-5-16-6-17-8/h1,5-6,9-11H,2-4H2,(H,16,17)(H,21,22)/p-1/t9-,10+,11-/m1/s1. The Morgan fingerprint density at radius 3 is 2.82 bits per heavy atom. The van der Waals surface area contributed by atoms with E-state index >= 15 is 0 Å². The molecule has 2 aliphatic rings. The fourth-order valence-corrected chi connectivity index (χ4v) is 3.30. The van der Waals surface area contributed by atoms with Gasteiger partial charge in [0.1, 0.15) is 0 Å². The molecular weight excluding hydrogens is 310 g/mol. The second-order valence-corrected chi connectivity index (χ2v) is 5.95. The minimum absolute atomic E-state index is 0.0551. The molecule has 1 aromatic heterocycles. The first kappa shape index (κ1) is 14.8. The van der Waals surface area contributed by atoms with Crippen molar-refractivity contribution < 1.29 is 19.5 Å². The number of imidazole rings is 1. The minimum atomic E-state index is -1.46. The number of hydrogen-bond donors (Lipinski definition) is 1. The first-order valence-electron chi connectivity index (χ1n) is 6.88. The molecule has 1 aromatic rings. The van der Waals surface area contributed by atoms with Crippen molar-refractivity contribution in [2.45, 2.75) is 25.3 Å². The van der Waals surface area contributed by atoms with E-state index in [1.54, 1.807) is 6.08 Å². The number of aliphatic carboxylic acids is 1. The van der Waals surface area contributed by atoms with Gasteiger partial charge in [0, 0.05) is 23.3 Å². The van der Waals surface area contributed by atoms with Crippen LogP contribution in [0.25, 0.3) is 0 Å². The molecule has 0 spiro atoms. The highest BCUT2D eigenvalue weighted by molar-refractivity contribution is 6.30. The van der Waals surface area contributed by atoms with Crippen LogP contribution >= 0.6 is 11.6 Å². The molecule has 0 bridgehead atoms. The number of aromatic nitrogens is 2. The number of halogens is 1. The average molecular weight is 323 g/mol. The summed E-state index contributed by atoms with van der Waals surface area (Å²) in [6.45, 7) is 0. The first-order valence-corrected chi connectivity index (χ1v) is 7.26. The number of nitrogens with one attached hydrogen (secondary N) is 1. The Labute approximate surface area is 131 Å². The Morgan fingerprint density at radius 1 is 1.45 bits per heavy atom. The fourth-order valence-electron chi connectivity index (χ4n) is 3.04. The monoisotopic (exact) mass is 322 g/mol. The van der Waals surface area contributed by atoms with Gasteiger partial charge in [0.2, 0.25) is 11.8 Å². The van der Waals surface area contributed by atoms with Crippen LogP contribution < -0.4 is 5.11 Å². The summed E-state index contributed by atoms with van der Waals surface area (Å²) >= 11 is 5.94. The summed E-state index contributed by atoms with van der Waals surface area (Å²) in [6, 6.07) is -1.34. The van der Waals surface area contributed by atoms with Gasteiger partial charge in [-0.05, 0) is 12.8 Å². The highest BCUT2D eigenvalue weighted by atomic mass is 35.5. The lowest BCUT2D eigenvalue weighted by Gasteiger charge is -2.27. The Morgan fingerprint density at radius 2 is 2.18 bits per heavy atom. The molecule has 1 fully saturated rings. The predicted octanol–water partition coefficient (Wildman–Crippen LogP) is -0.412. The van der Waals surface area contributed by atoms with E-state index in [2.05, 4.69) is 9.97 Å². The highest BCUT2D eigenvalue weighted by Crippen LogP contribution is 2.39. The maximum Gasteiger partial charge on any atom is 0.234 e. The van der Waals surface area contributed by atoms with E-state index in [1.807, 2.05) is 0 Å². The third kappa shape index (κ3) is 2.41. The first-order chi connectivity index (χ1) is 10.5.